The van der Waals surface area contributed by atoms with Crippen LogP contribution in [0.3, 0.4) is 0 Å². The Bertz CT molecular complexity index is 773. The van der Waals surface area contributed by atoms with E-state index in [1.807, 2.05) is 10.6 Å². The van der Waals surface area contributed by atoms with Crippen LogP contribution < -0.4 is 0 Å². The Balaban J connectivity index is 1.26. The van der Waals surface area contributed by atoms with Crippen molar-refractivity contribution in [2.75, 3.05) is 32.8 Å². The molecular weight excluding hydrogens is 330 g/mol. The zero-order valence-corrected chi connectivity index (χ0v) is 15.2. The van der Waals surface area contributed by atoms with Gasteiger partial charge in [-0.2, -0.15) is 9.61 Å². The summed E-state index contributed by atoms with van der Waals surface area (Å²) in [4.78, 5) is 2.40. The molecule has 4 heterocycles. The van der Waals surface area contributed by atoms with E-state index in [0.29, 0.717) is 25.0 Å². The van der Waals surface area contributed by atoms with E-state index in [1.165, 1.54) is 18.5 Å². The lowest BCUT2D eigenvalue weighted by atomic mass is 9.91. The van der Waals surface area contributed by atoms with Gasteiger partial charge >= 0.3 is 0 Å². The Labute approximate surface area is 153 Å². The van der Waals surface area contributed by atoms with Crippen LogP contribution in [0.25, 0.3) is 5.65 Å². The minimum Gasteiger partial charge on any atom is -0.388 e. The molecule has 1 N–H and O–H groups in total. The molecule has 0 spiro atoms. The highest BCUT2D eigenvalue weighted by Gasteiger charge is 2.34. The van der Waals surface area contributed by atoms with E-state index in [9.17, 15) is 5.11 Å². The Morgan fingerprint density at radius 3 is 2.54 bits per heavy atom. The van der Waals surface area contributed by atoms with Gasteiger partial charge in [-0.25, -0.2) is 0 Å². The van der Waals surface area contributed by atoms with Gasteiger partial charge in [0.25, 0.3) is 0 Å². The van der Waals surface area contributed by atoms with Crippen LogP contribution in [0.2, 0.25) is 0 Å². The van der Waals surface area contributed by atoms with Gasteiger partial charge in [0.15, 0.2) is 11.5 Å². The number of likely N-dealkylation sites (tertiary alicyclic amines) is 1. The standard InChI is InChI=1S/C19H27N5O2/c25-19(7-11-26-12-8-19)13-23-9-5-15(6-10-23)18-21-20-17-4-3-16(14-1-2-14)22-24(17)18/h3-4,14-15,25H,1-2,5-13H2. The molecule has 0 bridgehead atoms. The van der Waals surface area contributed by atoms with Gasteiger partial charge in [-0.1, -0.05) is 0 Å². The molecule has 1 aliphatic carbocycles. The molecule has 140 valence electrons. The number of β-amino-alcohol motifs (C(OH)–C–C–N with tert-alkyl or cyclic N) is 1. The molecule has 0 amide bonds. The molecule has 0 unspecified atom stereocenters. The van der Waals surface area contributed by atoms with Gasteiger partial charge in [0.05, 0.1) is 11.3 Å². The number of piperidine rings is 1. The maximum absolute atomic E-state index is 10.7. The van der Waals surface area contributed by atoms with E-state index in [1.54, 1.807) is 0 Å². The Hall–Kier alpha value is -1.57. The van der Waals surface area contributed by atoms with Crippen molar-refractivity contribution >= 4 is 5.65 Å². The van der Waals surface area contributed by atoms with Crippen LogP contribution in [0.15, 0.2) is 12.1 Å². The summed E-state index contributed by atoms with van der Waals surface area (Å²) in [5, 5.41) is 24.3. The molecule has 3 aliphatic rings. The first-order chi connectivity index (χ1) is 12.7. The second-order valence-electron chi connectivity index (χ2n) is 8.25. The summed E-state index contributed by atoms with van der Waals surface area (Å²) in [7, 11) is 0. The minimum atomic E-state index is -0.576. The minimum absolute atomic E-state index is 0.396. The predicted molar refractivity (Wildman–Crippen MR) is 96.2 cm³/mol. The second kappa shape index (κ2) is 6.55. The van der Waals surface area contributed by atoms with Crippen LogP contribution in [0, 0.1) is 0 Å². The summed E-state index contributed by atoms with van der Waals surface area (Å²) in [5.74, 6) is 2.04. The third-order valence-corrected chi connectivity index (χ3v) is 6.20. The maximum atomic E-state index is 10.7. The van der Waals surface area contributed by atoms with Crippen molar-refractivity contribution in [1.82, 2.24) is 24.7 Å². The fourth-order valence-corrected chi connectivity index (χ4v) is 4.35. The molecule has 0 radical (unpaired) electrons. The maximum Gasteiger partial charge on any atom is 0.177 e. The number of aliphatic hydroxyl groups is 1. The van der Waals surface area contributed by atoms with Crippen LogP contribution >= 0.6 is 0 Å². The van der Waals surface area contributed by atoms with Crippen molar-refractivity contribution in [3.8, 4) is 0 Å². The Morgan fingerprint density at radius 2 is 1.81 bits per heavy atom. The number of aromatic nitrogens is 4. The highest BCUT2D eigenvalue weighted by Crippen LogP contribution is 2.39. The number of rotatable bonds is 4. The zero-order valence-electron chi connectivity index (χ0n) is 15.2. The molecule has 2 saturated heterocycles. The SMILES string of the molecule is OC1(CN2CCC(c3nnc4ccc(C5CC5)nn34)CC2)CCOCC1. The average Bonchev–Trinajstić information content (AvgIpc) is 3.42. The summed E-state index contributed by atoms with van der Waals surface area (Å²) in [6.45, 7) is 4.09. The summed E-state index contributed by atoms with van der Waals surface area (Å²) in [5.41, 5.74) is 1.45. The molecule has 2 aliphatic heterocycles. The first kappa shape index (κ1) is 16.6. The first-order valence-corrected chi connectivity index (χ1v) is 9.95. The molecular formula is C19H27N5O2. The smallest absolute Gasteiger partial charge is 0.177 e. The van der Waals surface area contributed by atoms with E-state index in [4.69, 9.17) is 9.84 Å². The van der Waals surface area contributed by atoms with E-state index >= 15 is 0 Å². The molecule has 7 heteroatoms. The van der Waals surface area contributed by atoms with E-state index in [-0.39, 0.29) is 0 Å². The molecule has 26 heavy (non-hydrogen) atoms. The van der Waals surface area contributed by atoms with Gasteiger partial charge in [0.1, 0.15) is 0 Å². The quantitative estimate of drug-likeness (QED) is 0.898. The normalized spacial score (nSPS) is 25.0. The fourth-order valence-electron chi connectivity index (χ4n) is 4.35. The first-order valence-electron chi connectivity index (χ1n) is 9.95. The van der Waals surface area contributed by atoms with Crippen LogP contribution in [0.4, 0.5) is 0 Å². The Morgan fingerprint density at radius 1 is 1.04 bits per heavy atom. The lowest BCUT2D eigenvalue weighted by molar-refractivity contribution is -0.0821. The number of nitrogens with zero attached hydrogens (tertiary/aromatic N) is 5. The third kappa shape index (κ3) is 3.23. The van der Waals surface area contributed by atoms with Gasteiger partial charge in [0.2, 0.25) is 0 Å². The number of ether oxygens (including phenoxy) is 1. The Kier molecular flexibility index (Phi) is 4.18. The largest absolute Gasteiger partial charge is 0.388 e. The summed E-state index contributed by atoms with van der Waals surface area (Å²) in [6, 6.07) is 4.15. The van der Waals surface area contributed by atoms with Crippen LogP contribution in [0.1, 0.15) is 61.9 Å². The van der Waals surface area contributed by atoms with Crippen LogP contribution in [0.5, 0.6) is 0 Å². The molecule has 0 aromatic carbocycles. The van der Waals surface area contributed by atoms with Crippen molar-refractivity contribution in [2.45, 2.75) is 56.0 Å². The van der Waals surface area contributed by atoms with Crippen LogP contribution in [-0.2, 0) is 4.74 Å². The van der Waals surface area contributed by atoms with Crippen molar-refractivity contribution in [1.29, 1.82) is 0 Å². The van der Waals surface area contributed by atoms with Crippen molar-refractivity contribution in [2.24, 2.45) is 0 Å². The highest BCUT2D eigenvalue weighted by atomic mass is 16.5. The summed E-state index contributed by atoms with van der Waals surface area (Å²) < 4.78 is 7.36. The van der Waals surface area contributed by atoms with Gasteiger partial charge in [-0.05, 0) is 50.9 Å². The van der Waals surface area contributed by atoms with E-state index < -0.39 is 5.60 Å². The van der Waals surface area contributed by atoms with Gasteiger partial charge in [0, 0.05) is 44.4 Å². The third-order valence-electron chi connectivity index (χ3n) is 6.20. The highest BCUT2D eigenvalue weighted by molar-refractivity contribution is 5.38. The number of hydrogen-bond donors (Lipinski definition) is 1. The molecule has 7 nitrogen and oxygen atoms in total. The number of fused-ring (bicyclic) bond motifs is 1. The lowest BCUT2D eigenvalue weighted by Gasteiger charge is -2.39. The molecule has 1 saturated carbocycles. The second-order valence-corrected chi connectivity index (χ2v) is 8.25. The van der Waals surface area contributed by atoms with Crippen molar-refractivity contribution in [3.63, 3.8) is 0 Å². The average molecular weight is 357 g/mol. The molecule has 2 aromatic heterocycles. The molecule has 2 aromatic rings. The van der Waals surface area contributed by atoms with Crippen LogP contribution in [-0.4, -0.2) is 68.3 Å². The topological polar surface area (TPSA) is 75.8 Å². The lowest BCUT2D eigenvalue weighted by Crippen LogP contribution is -2.48. The molecule has 0 atom stereocenters. The summed E-state index contributed by atoms with van der Waals surface area (Å²) in [6.07, 6.45) is 6.08. The van der Waals surface area contributed by atoms with Crippen molar-refractivity contribution in [3.05, 3.63) is 23.7 Å². The monoisotopic (exact) mass is 357 g/mol. The molecule has 5 rings (SSSR count). The van der Waals surface area contributed by atoms with Gasteiger partial charge in [-0.3, -0.25) is 0 Å². The van der Waals surface area contributed by atoms with Gasteiger partial charge < -0.3 is 14.7 Å². The fraction of sp³-hybridized carbons (Fsp3) is 0.737. The van der Waals surface area contributed by atoms with Crippen molar-refractivity contribution < 1.29 is 9.84 Å². The van der Waals surface area contributed by atoms with E-state index in [0.717, 1.165) is 56.8 Å². The van der Waals surface area contributed by atoms with E-state index in [2.05, 4.69) is 21.2 Å². The molecule has 3 fully saturated rings. The number of hydrogen-bond acceptors (Lipinski definition) is 6. The summed E-state index contributed by atoms with van der Waals surface area (Å²) >= 11 is 0. The zero-order chi connectivity index (χ0) is 17.6. The predicted octanol–water partition coefficient (Wildman–Crippen LogP) is 1.72. The van der Waals surface area contributed by atoms with Gasteiger partial charge in [-0.15, -0.1) is 10.2 Å².